The van der Waals surface area contributed by atoms with Gasteiger partial charge in [-0.2, -0.15) is 0 Å². The third-order valence-electron chi connectivity index (χ3n) is 6.38. The van der Waals surface area contributed by atoms with E-state index < -0.39 is 54.2 Å². The van der Waals surface area contributed by atoms with Gasteiger partial charge in [0.15, 0.2) is 19.7 Å². The van der Waals surface area contributed by atoms with E-state index in [4.69, 9.17) is 0 Å². The molecule has 1 aliphatic rings. The largest absolute Gasteiger partial charge is 0.573 e. The van der Waals surface area contributed by atoms with Gasteiger partial charge in [0.1, 0.15) is 11.6 Å². The number of halogens is 4. The molecular formula is C23H25F4NO6S2. The first-order valence-electron chi connectivity index (χ1n) is 10.8. The van der Waals surface area contributed by atoms with Crippen LogP contribution in [-0.2, 0) is 19.7 Å². The number of alkyl halides is 3. The van der Waals surface area contributed by atoms with E-state index in [1.54, 1.807) is 0 Å². The van der Waals surface area contributed by atoms with Crippen LogP contribution >= 0.6 is 0 Å². The maximum absolute atomic E-state index is 13.8. The predicted octanol–water partition coefficient (Wildman–Crippen LogP) is 4.23. The number of ether oxygens (including phenoxy) is 1. The lowest BCUT2D eigenvalue weighted by molar-refractivity contribution is -0.274. The number of carbonyl (C=O) groups is 1. The van der Waals surface area contributed by atoms with Crippen LogP contribution in [0.2, 0.25) is 0 Å². The maximum atomic E-state index is 13.8. The summed E-state index contributed by atoms with van der Waals surface area (Å²) in [4.78, 5) is 13.7. The van der Waals surface area contributed by atoms with Crippen molar-refractivity contribution in [3.05, 3.63) is 53.8 Å². The molecule has 0 unspecified atom stereocenters. The Kier molecular flexibility index (Phi) is 7.49. The number of rotatable bonds is 6. The van der Waals surface area contributed by atoms with Gasteiger partial charge in [0.25, 0.3) is 5.91 Å². The van der Waals surface area contributed by atoms with E-state index >= 15 is 0 Å². The fourth-order valence-electron chi connectivity index (χ4n) is 4.30. The lowest BCUT2D eigenvalue weighted by Crippen LogP contribution is -2.47. The van der Waals surface area contributed by atoms with Crippen molar-refractivity contribution < 1.29 is 43.9 Å². The lowest BCUT2D eigenvalue weighted by atomic mass is 9.85. The van der Waals surface area contributed by atoms with Crippen LogP contribution in [0.4, 0.5) is 17.6 Å². The average molecular weight is 552 g/mol. The van der Waals surface area contributed by atoms with Crippen molar-refractivity contribution in [1.82, 2.24) is 4.90 Å². The molecule has 7 nitrogen and oxygen atoms in total. The number of piperidine rings is 1. The van der Waals surface area contributed by atoms with Crippen molar-refractivity contribution >= 4 is 25.6 Å². The zero-order valence-electron chi connectivity index (χ0n) is 19.7. The average Bonchev–Trinajstić information content (AvgIpc) is 2.76. The summed E-state index contributed by atoms with van der Waals surface area (Å²) in [6, 6.07) is 6.99. The van der Waals surface area contributed by atoms with E-state index in [9.17, 15) is 39.2 Å². The lowest BCUT2D eigenvalue weighted by Gasteiger charge is -2.40. The molecule has 1 heterocycles. The van der Waals surface area contributed by atoms with Crippen molar-refractivity contribution in [1.29, 1.82) is 0 Å². The van der Waals surface area contributed by atoms with Crippen LogP contribution in [0.15, 0.2) is 52.3 Å². The van der Waals surface area contributed by atoms with Gasteiger partial charge in [0, 0.05) is 19.3 Å². The molecule has 0 aromatic heterocycles. The Morgan fingerprint density at radius 3 is 2.17 bits per heavy atom. The summed E-state index contributed by atoms with van der Waals surface area (Å²) < 4.78 is 105. The van der Waals surface area contributed by atoms with E-state index in [-0.39, 0.29) is 41.3 Å². The molecule has 1 fully saturated rings. The summed E-state index contributed by atoms with van der Waals surface area (Å²) in [7, 11) is -7.92. The minimum absolute atomic E-state index is 0.0827. The molecule has 3 rings (SSSR count). The van der Waals surface area contributed by atoms with Gasteiger partial charge >= 0.3 is 6.36 Å². The van der Waals surface area contributed by atoms with Crippen LogP contribution in [0, 0.1) is 11.7 Å². The van der Waals surface area contributed by atoms with Gasteiger partial charge in [-0.25, -0.2) is 21.2 Å². The van der Waals surface area contributed by atoms with Gasteiger partial charge in [-0.1, -0.05) is 6.07 Å². The molecule has 2 aromatic rings. The number of amides is 1. The topological polar surface area (TPSA) is 97.8 Å². The van der Waals surface area contributed by atoms with Gasteiger partial charge in [-0.3, -0.25) is 4.79 Å². The number of benzene rings is 2. The molecule has 0 aliphatic carbocycles. The zero-order chi connectivity index (χ0) is 27.1. The Balaban J connectivity index is 1.80. The number of hydrogen-bond acceptors (Lipinski definition) is 6. The third-order valence-corrected chi connectivity index (χ3v) is 10.1. The first-order chi connectivity index (χ1) is 16.4. The normalized spacial score (nSPS) is 16.1. The molecule has 198 valence electrons. The minimum Gasteiger partial charge on any atom is -0.406 e. The van der Waals surface area contributed by atoms with Gasteiger partial charge in [-0.05, 0) is 69.0 Å². The fourth-order valence-corrected chi connectivity index (χ4v) is 6.97. The quantitative estimate of drug-likeness (QED) is 0.394. The van der Waals surface area contributed by atoms with Crippen molar-refractivity contribution in [2.75, 3.05) is 19.3 Å². The van der Waals surface area contributed by atoms with Crippen LogP contribution in [0.5, 0.6) is 5.75 Å². The number of nitrogens with zero attached hydrogens (tertiary/aromatic N) is 1. The summed E-state index contributed by atoms with van der Waals surface area (Å²) in [5, 5.41) is 0. The predicted molar refractivity (Wildman–Crippen MR) is 123 cm³/mol. The number of hydrogen-bond donors (Lipinski definition) is 0. The molecule has 1 amide bonds. The van der Waals surface area contributed by atoms with Crippen molar-refractivity contribution in [3.8, 4) is 5.75 Å². The number of likely N-dealkylation sites (tertiary alicyclic amines) is 1. The van der Waals surface area contributed by atoms with Crippen LogP contribution in [-0.4, -0.2) is 58.1 Å². The number of carbonyl (C=O) groups excluding carboxylic acids is 1. The standard InChI is InChI=1S/C23H25F4NO6S2/c1-22(2,36(32,33)18-6-4-5-17(14-18)34-23(25,26)27)15-9-11-28(12-10-15)21(29)19-13-16(24)7-8-20(19)35(3,30)31/h4-8,13-15H,9-12H2,1-3H3. The Morgan fingerprint density at radius 2 is 1.61 bits per heavy atom. The van der Waals surface area contributed by atoms with Gasteiger partial charge in [0.2, 0.25) is 0 Å². The fraction of sp³-hybridized carbons (Fsp3) is 0.435. The second kappa shape index (κ2) is 9.66. The van der Waals surface area contributed by atoms with Crippen LogP contribution < -0.4 is 4.74 Å². The third kappa shape index (κ3) is 5.83. The minimum atomic E-state index is -4.98. The summed E-state index contributed by atoms with van der Waals surface area (Å²) in [5.41, 5.74) is -0.302. The highest BCUT2D eigenvalue weighted by Gasteiger charge is 2.44. The molecule has 13 heteroatoms. The van der Waals surface area contributed by atoms with Crippen LogP contribution in [0.1, 0.15) is 37.0 Å². The van der Waals surface area contributed by atoms with Crippen molar-refractivity contribution in [2.45, 2.75) is 47.6 Å². The summed E-state index contributed by atoms with van der Waals surface area (Å²) in [5.74, 6) is -2.59. The van der Waals surface area contributed by atoms with Crippen molar-refractivity contribution in [3.63, 3.8) is 0 Å². The van der Waals surface area contributed by atoms with E-state index in [0.717, 1.165) is 42.7 Å². The highest BCUT2D eigenvalue weighted by molar-refractivity contribution is 7.92. The second-order valence-electron chi connectivity index (χ2n) is 9.11. The van der Waals surface area contributed by atoms with Gasteiger partial charge in [-0.15, -0.1) is 13.2 Å². The molecule has 0 N–H and O–H groups in total. The second-order valence-corrected chi connectivity index (χ2v) is 13.6. The molecule has 0 atom stereocenters. The Morgan fingerprint density at radius 1 is 1.00 bits per heavy atom. The van der Waals surface area contributed by atoms with Crippen molar-refractivity contribution in [2.24, 2.45) is 5.92 Å². The first-order valence-corrected chi connectivity index (χ1v) is 14.2. The molecule has 0 radical (unpaired) electrons. The zero-order valence-corrected chi connectivity index (χ0v) is 21.3. The summed E-state index contributed by atoms with van der Waals surface area (Å²) in [6.45, 7) is 3.10. The van der Waals surface area contributed by atoms with E-state index in [2.05, 4.69) is 4.74 Å². The first kappa shape index (κ1) is 27.9. The summed E-state index contributed by atoms with van der Waals surface area (Å²) >= 11 is 0. The maximum Gasteiger partial charge on any atom is 0.573 e. The highest BCUT2D eigenvalue weighted by atomic mass is 32.2. The Hall–Kier alpha value is -2.67. The molecule has 0 saturated carbocycles. The van der Waals surface area contributed by atoms with Gasteiger partial charge in [0.05, 0.1) is 20.1 Å². The van der Waals surface area contributed by atoms with E-state index in [0.29, 0.717) is 0 Å². The summed E-state index contributed by atoms with van der Waals surface area (Å²) in [6.07, 6.45) is -3.62. The molecule has 0 spiro atoms. The van der Waals surface area contributed by atoms with Crippen LogP contribution in [0.3, 0.4) is 0 Å². The Labute approximate surface area is 206 Å². The Bertz CT molecular complexity index is 1360. The van der Waals surface area contributed by atoms with Crippen LogP contribution in [0.25, 0.3) is 0 Å². The molecular weight excluding hydrogens is 526 g/mol. The SMILES string of the molecule is CC(C)(C1CCN(C(=O)c2cc(F)ccc2S(C)(=O)=O)CC1)S(=O)(=O)c1cccc(OC(F)(F)F)c1. The molecule has 0 bridgehead atoms. The number of sulfone groups is 2. The smallest absolute Gasteiger partial charge is 0.406 e. The monoisotopic (exact) mass is 551 g/mol. The highest BCUT2D eigenvalue weighted by Crippen LogP contribution is 2.39. The molecule has 2 aromatic carbocycles. The molecule has 1 aliphatic heterocycles. The van der Waals surface area contributed by atoms with Gasteiger partial charge < -0.3 is 9.64 Å². The van der Waals surface area contributed by atoms with E-state index in [1.807, 2.05) is 0 Å². The molecule has 1 saturated heterocycles. The van der Waals surface area contributed by atoms with E-state index in [1.165, 1.54) is 24.8 Å². The molecule has 36 heavy (non-hydrogen) atoms.